The first-order valence-corrected chi connectivity index (χ1v) is 8.52. The van der Waals surface area contributed by atoms with Crippen LogP contribution in [0.3, 0.4) is 0 Å². The van der Waals surface area contributed by atoms with E-state index in [0.29, 0.717) is 16.5 Å². The first-order chi connectivity index (χ1) is 12.5. The Bertz CT molecular complexity index is 903. The molecule has 0 unspecified atom stereocenters. The molecule has 0 saturated carbocycles. The summed E-state index contributed by atoms with van der Waals surface area (Å²) in [5.74, 6) is 0.213. The van der Waals surface area contributed by atoms with Crippen LogP contribution in [-0.2, 0) is 0 Å². The predicted molar refractivity (Wildman–Crippen MR) is 105 cm³/mol. The Kier molecular flexibility index (Phi) is 5.19. The van der Waals surface area contributed by atoms with Crippen molar-refractivity contribution in [3.05, 3.63) is 76.6 Å². The summed E-state index contributed by atoms with van der Waals surface area (Å²) in [6.45, 7) is 3.96. The second kappa shape index (κ2) is 7.54. The molecule has 2 aromatic carbocycles. The molecule has 0 atom stereocenters. The van der Waals surface area contributed by atoms with Gasteiger partial charge in [0.25, 0.3) is 5.91 Å². The Hall–Kier alpha value is -2.92. The van der Waals surface area contributed by atoms with E-state index >= 15 is 0 Å². The summed E-state index contributed by atoms with van der Waals surface area (Å²) in [6.07, 6.45) is 3.02. The van der Waals surface area contributed by atoms with Gasteiger partial charge >= 0.3 is 0 Å². The molecule has 0 aliphatic rings. The highest BCUT2D eigenvalue weighted by atomic mass is 35.5. The van der Waals surface area contributed by atoms with Crippen LogP contribution in [0.2, 0.25) is 5.02 Å². The summed E-state index contributed by atoms with van der Waals surface area (Å²) in [5, 5.41) is 3.72. The minimum Gasteiger partial charge on any atom is -0.323 e. The van der Waals surface area contributed by atoms with Crippen molar-refractivity contribution in [2.45, 2.75) is 13.8 Å². The van der Waals surface area contributed by atoms with Crippen LogP contribution < -0.4 is 10.2 Å². The summed E-state index contributed by atoms with van der Waals surface area (Å²) >= 11 is 6.30. The Morgan fingerprint density at radius 2 is 1.73 bits per heavy atom. The number of para-hydroxylation sites is 1. The van der Waals surface area contributed by atoms with E-state index in [-0.39, 0.29) is 5.91 Å². The number of amides is 1. The number of hydrogen-bond donors (Lipinski definition) is 1. The maximum Gasteiger partial charge on any atom is 0.261 e. The van der Waals surface area contributed by atoms with Crippen molar-refractivity contribution in [3.63, 3.8) is 0 Å². The number of anilines is 3. The van der Waals surface area contributed by atoms with Gasteiger partial charge in [-0.2, -0.15) is 0 Å². The molecule has 1 N–H and O–H groups in total. The smallest absolute Gasteiger partial charge is 0.261 e. The highest BCUT2D eigenvalue weighted by Gasteiger charge is 2.15. The monoisotopic (exact) mass is 366 g/mol. The lowest BCUT2D eigenvalue weighted by Gasteiger charge is -2.17. The number of hydrogen-bond acceptors (Lipinski definition) is 4. The van der Waals surface area contributed by atoms with Gasteiger partial charge in [-0.3, -0.25) is 4.79 Å². The highest BCUT2D eigenvalue weighted by Crippen LogP contribution is 2.29. The van der Waals surface area contributed by atoms with E-state index in [9.17, 15) is 4.79 Å². The molecule has 3 aromatic rings. The summed E-state index contributed by atoms with van der Waals surface area (Å²) in [7, 11) is 1.72. The van der Waals surface area contributed by atoms with E-state index in [1.54, 1.807) is 11.9 Å². The SMILES string of the molecule is Cc1cc(C)c(Nc2ncc(C(=O)N(C)c3ccccc3)cn2)c(Cl)c1. The van der Waals surface area contributed by atoms with E-state index in [1.807, 2.05) is 56.3 Å². The van der Waals surface area contributed by atoms with E-state index in [4.69, 9.17) is 11.6 Å². The minimum atomic E-state index is -0.174. The first kappa shape index (κ1) is 17.9. The van der Waals surface area contributed by atoms with E-state index in [2.05, 4.69) is 15.3 Å². The second-order valence-electron chi connectivity index (χ2n) is 6.06. The summed E-state index contributed by atoms with van der Waals surface area (Å²) in [4.78, 5) is 22.6. The number of halogens is 1. The lowest BCUT2D eigenvalue weighted by molar-refractivity contribution is 0.0992. The van der Waals surface area contributed by atoms with Crippen molar-refractivity contribution in [1.29, 1.82) is 0 Å². The summed E-state index contributed by atoms with van der Waals surface area (Å²) < 4.78 is 0. The van der Waals surface area contributed by atoms with Gasteiger partial charge < -0.3 is 10.2 Å². The Labute approximate surface area is 157 Å². The molecule has 3 rings (SSSR count). The molecule has 1 aromatic heterocycles. The van der Waals surface area contributed by atoms with Crippen molar-refractivity contribution < 1.29 is 4.79 Å². The van der Waals surface area contributed by atoms with Gasteiger partial charge in [0.1, 0.15) is 0 Å². The van der Waals surface area contributed by atoms with Gasteiger partial charge in [0.05, 0.1) is 16.3 Å². The quantitative estimate of drug-likeness (QED) is 0.722. The van der Waals surface area contributed by atoms with Crippen LogP contribution in [0, 0.1) is 13.8 Å². The Balaban J connectivity index is 1.78. The van der Waals surface area contributed by atoms with Gasteiger partial charge in [-0.1, -0.05) is 35.9 Å². The molecule has 1 heterocycles. The van der Waals surface area contributed by atoms with Crippen LogP contribution in [-0.4, -0.2) is 22.9 Å². The van der Waals surface area contributed by atoms with E-state index in [0.717, 1.165) is 22.5 Å². The standard InChI is InChI=1S/C20H19ClN4O/c1-13-9-14(2)18(17(21)10-13)24-20-22-11-15(12-23-20)19(26)25(3)16-7-5-4-6-8-16/h4-12H,1-3H3,(H,22,23,24). The van der Waals surface area contributed by atoms with Crippen LogP contribution in [0.5, 0.6) is 0 Å². The Morgan fingerprint density at radius 3 is 2.35 bits per heavy atom. The van der Waals surface area contributed by atoms with Crippen LogP contribution in [0.4, 0.5) is 17.3 Å². The van der Waals surface area contributed by atoms with Crippen molar-refractivity contribution in [2.24, 2.45) is 0 Å². The van der Waals surface area contributed by atoms with Crippen molar-refractivity contribution in [3.8, 4) is 0 Å². The number of carbonyl (C=O) groups excluding carboxylic acids is 1. The third-order valence-electron chi connectivity index (χ3n) is 4.02. The largest absolute Gasteiger partial charge is 0.323 e. The number of aromatic nitrogens is 2. The highest BCUT2D eigenvalue weighted by molar-refractivity contribution is 6.33. The fraction of sp³-hybridized carbons (Fsp3) is 0.150. The normalized spacial score (nSPS) is 10.5. The number of benzene rings is 2. The molecule has 0 bridgehead atoms. The third-order valence-corrected chi connectivity index (χ3v) is 4.31. The molecule has 0 aliphatic carbocycles. The zero-order valence-corrected chi connectivity index (χ0v) is 15.6. The number of nitrogens with one attached hydrogen (secondary N) is 1. The molecular weight excluding hydrogens is 348 g/mol. The molecule has 0 fully saturated rings. The van der Waals surface area contributed by atoms with Crippen LogP contribution >= 0.6 is 11.6 Å². The summed E-state index contributed by atoms with van der Waals surface area (Å²) in [6, 6.07) is 13.3. The van der Waals surface area contributed by atoms with E-state index < -0.39 is 0 Å². The maximum atomic E-state index is 12.6. The average Bonchev–Trinajstić information content (AvgIpc) is 2.64. The molecule has 0 radical (unpaired) electrons. The van der Waals surface area contributed by atoms with Crippen LogP contribution in [0.1, 0.15) is 21.5 Å². The first-order valence-electron chi connectivity index (χ1n) is 8.14. The van der Waals surface area contributed by atoms with Gasteiger partial charge in [-0.25, -0.2) is 9.97 Å². The van der Waals surface area contributed by atoms with Crippen LogP contribution in [0.15, 0.2) is 54.9 Å². The zero-order valence-electron chi connectivity index (χ0n) is 14.8. The van der Waals surface area contributed by atoms with Gasteiger partial charge in [0, 0.05) is 25.1 Å². The number of aryl methyl sites for hydroxylation is 2. The van der Waals surface area contributed by atoms with Gasteiger partial charge in [-0.05, 0) is 43.2 Å². The zero-order chi connectivity index (χ0) is 18.7. The molecule has 5 nitrogen and oxygen atoms in total. The Morgan fingerprint density at radius 1 is 1.08 bits per heavy atom. The number of carbonyl (C=O) groups is 1. The fourth-order valence-electron chi connectivity index (χ4n) is 2.65. The molecule has 26 heavy (non-hydrogen) atoms. The van der Waals surface area contributed by atoms with Crippen molar-refractivity contribution in [1.82, 2.24) is 9.97 Å². The topological polar surface area (TPSA) is 58.1 Å². The third kappa shape index (κ3) is 3.83. The van der Waals surface area contributed by atoms with Gasteiger partial charge in [0.15, 0.2) is 0 Å². The maximum absolute atomic E-state index is 12.6. The van der Waals surface area contributed by atoms with Gasteiger partial charge in [-0.15, -0.1) is 0 Å². The fourth-order valence-corrected chi connectivity index (χ4v) is 3.02. The molecule has 0 saturated heterocycles. The lowest BCUT2D eigenvalue weighted by Crippen LogP contribution is -2.26. The predicted octanol–water partition coefficient (Wildman–Crippen LogP) is 4.77. The second-order valence-corrected chi connectivity index (χ2v) is 6.47. The lowest BCUT2D eigenvalue weighted by atomic mass is 10.1. The summed E-state index contributed by atoms with van der Waals surface area (Å²) in [5.41, 5.74) is 4.07. The number of rotatable bonds is 4. The molecular formula is C20H19ClN4O. The van der Waals surface area contributed by atoms with Crippen LogP contribution in [0.25, 0.3) is 0 Å². The number of nitrogens with zero attached hydrogens (tertiary/aromatic N) is 3. The molecule has 0 aliphatic heterocycles. The minimum absolute atomic E-state index is 0.174. The van der Waals surface area contributed by atoms with Crippen molar-refractivity contribution in [2.75, 3.05) is 17.3 Å². The van der Waals surface area contributed by atoms with Crippen molar-refractivity contribution >= 4 is 34.8 Å². The average molecular weight is 367 g/mol. The van der Waals surface area contributed by atoms with E-state index in [1.165, 1.54) is 12.4 Å². The molecule has 132 valence electrons. The molecule has 1 amide bonds. The molecule has 0 spiro atoms. The van der Waals surface area contributed by atoms with Gasteiger partial charge in [0.2, 0.25) is 5.95 Å². The molecule has 6 heteroatoms.